The van der Waals surface area contributed by atoms with Gasteiger partial charge in [-0.3, -0.25) is 9.80 Å². The highest BCUT2D eigenvalue weighted by Crippen LogP contribution is 2.05. The summed E-state index contributed by atoms with van der Waals surface area (Å²) in [5.41, 5.74) is 0. The number of nitrogens with one attached hydrogen (secondary N) is 1. The Hall–Kier alpha value is -0.840. The van der Waals surface area contributed by atoms with Gasteiger partial charge in [-0.15, -0.1) is 0 Å². The van der Waals surface area contributed by atoms with Gasteiger partial charge in [-0.25, -0.2) is 0 Å². The monoisotopic (exact) mass is 237 g/mol. The normalized spacial score (nSPS) is 17.8. The molecule has 4 nitrogen and oxygen atoms in total. The van der Waals surface area contributed by atoms with Crippen LogP contribution in [0.2, 0.25) is 0 Å². The Kier molecular flexibility index (Phi) is 5.04. The first-order valence-electron chi connectivity index (χ1n) is 6.56. The van der Waals surface area contributed by atoms with Gasteiger partial charge >= 0.3 is 0 Å². The molecule has 1 aliphatic heterocycles. The SMILES string of the molecule is CCN(CCN1CCNCC1)Cc1ccco1. The molecule has 0 saturated carbocycles. The summed E-state index contributed by atoms with van der Waals surface area (Å²) in [5.74, 6) is 1.06. The summed E-state index contributed by atoms with van der Waals surface area (Å²) in [6.45, 7) is 11.1. The van der Waals surface area contributed by atoms with Gasteiger partial charge in [-0.05, 0) is 18.7 Å². The molecule has 0 aromatic carbocycles. The number of likely N-dealkylation sites (N-methyl/N-ethyl adjacent to an activating group) is 1. The van der Waals surface area contributed by atoms with Gasteiger partial charge in [0, 0.05) is 39.3 Å². The maximum atomic E-state index is 5.39. The highest BCUT2D eigenvalue weighted by atomic mass is 16.3. The molecule has 0 spiro atoms. The summed E-state index contributed by atoms with van der Waals surface area (Å²) in [5, 5.41) is 3.38. The van der Waals surface area contributed by atoms with E-state index in [4.69, 9.17) is 4.42 Å². The molecule has 1 fully saturated rings. The number of rotatable bonds is 6. The third-order valence-corrected chi connectivity index (χ3v) is 3.35. The van der Waals surface area contributed by atoms with Crippen LogP contribution in [0.25, 0.3) is 0 Å². The summed E-state index contributed by atoms with van der Waals surface area (Å²) >= 11 is 0. The lowest BCUT2D eigenvalue weighted by molar-refractivity contribution is 0.182. The van der Waals surface area contributed by atoms with Crippen molar-refractivity contribution >= 4 is 0 Å². The fourth-order valence-corrected chi connectivity index (χ4v) is 2.19. The molecule has 96 valence electrons. The lowest BCUT2D eigenvalue weighted by Crippen LogP contribution is -2.46. The first kappa shape index (κ1) is 12.6. The van der Waals surface area contributed by atoms with Crippen molar-refractivity contribution in [2.75, 3.05) is 45.8 Å². The van der Waals surface area contributed by atoms with Crippen LogP contribution in [-0.4, -0.2) is 55.6 Å². The first-order chi connectivity index (χ1) is 8.38. The zero-order chi connectivity index (χ0) is 11.9. The number of furan rings is 1. The maximum Gasteiger partial charge on any atom is 0.117 e. The second kappa shape index (κ2) is 6.79. The minimum atomic E-state index is 0.926. The summed E-state index contributed by atoms with van der Waals surface area (Å²) in [6.07, 6.45) is 1.75. The molecule has 4 heteroatoms. The molecule has 0 atom stereocenters. The average molecular weight is 237 g/mol. The van der Waals surface area contributed by atoms with Crippen molar-refractivity contribution in [3.05, 3.63) is 24.2 Å². The first-order valence-corrected chi connectivity index (χ1v) is 6.56. The smallest absolute Gasteiger partial charge is 0.117 e. The van der Waals surface area contributed by atoms with Gasteiger partial charge < -0.3 is 9.73 Å². The van der Waals surface area contributed by atoms with E-state index in [0.29, 0.717) is 0 Å². The molecule has 17 heavy (non-hydrogen) atoms. The largest absolute Gasteiger partial charge is 0.468 e. The fourth-order valence-electron chi connectivity index (χ4n) is 2.19. The summed E-state index contributed by atoms with van der Waals surface area (Å²) in [4.78, 5) is 4.96. The van der Waals surface area contributed by atoms with Gasteiger partial charge in [0.15, 0.2) is 0 Å². The van der Waals surface area contributed by atoms with Crippen LogP contribution < -0.4 is 5.32 Å². The van der Waals surface area contributed by atoms with Crippen molar-refractivity contribution in [2.45, 2.75) is 13.5 Å². The van der Waals surface area contributed by atoms with Crippen molar-refractivity contribution in [3.8, 4) is 0 Å². The highest BCUT2D eigenvalue weighted by molar-refractivity contribution is 4.97. The minimum Gasteiger partial charge on any atom is -0.468 e. The topological polar surface area (TPSA) is 31.6 Å². The molecule has 0 bridgehead atoms. The van der Waals surface area contributed by atoms with E-state index in [2.05, 4.69) is 22.0 Å². The molecular formula is C13H23N3O. The van der Waals surface area contributed by atoms with Crippen molar-refractivity contribution < 1.29 is 4.42 Å². The molecule has 0 unspecified atom stereocenters. The Balaban J connectivity index is 1.71. The van der Waals surface area contributed by atoms with Crippen LogP contribution in [0.5, 0.6) is 0 Å². The van der Waals surface area contributed by atoms with E-state index in [9.17, 15) is 0 Å². The molecular weight excluding hydrogens is 214 g/mol. The predicted octanol–water partition coefficient (Wildman–Crippen LogP) is 1.01. The third kappa shape index (κ3) is 4.15. The number of hydrogen-bond acceptors (Lipinski definition) is 4. The lowest BCUT2D eigenvalue weighted by atomic mass is 10.3. The third-order valence-electron chi connectivity index (χ3n) is 3.35. The highest BCUT2D eigenvalue weighted by Gasteiger charge is 2.11. The Morgan fingerprint density at radius 3 is 2.88 bits per heavy atom. The molecule has 2 rings (SSSR count). The van der Waals surface area contributed by atoms with Crippen LogP contribution in [0, 0.1) is 0 Å². The summed E-state index contributed by atoms with van der Waals surface area (Å²) < 4.78 is 5.39. The maximum absolute atomic E-state index is 5.39. The Morgan fingerprint density at radius 1 is 1.41 bits per heavy atom. The Labute approximate surface area is 104 Å². The second-order valence-electron chi connectivity index (χ2n) is 4.54. The van der Waals surface area contributed by atoms with Gasteiger partial charge in [-0.1, -0.05) is 6.92 Å². The minimum absolute atomic E-state index is 0.926. The van der Waals surface area contributed by atoms with Crippen LogP contribution in [0.4, 0.5) is 0 Å². The molecule has 0 radical (unpaired) electrons. The average Bonchev–Trinajstić information content (AvgIpc) is 2.88. The Morgan fingerprint density at radius 2 is 2.24 bits per heavy atom. The molecule has 2 heterocycles. The van der Waals surface area contributed by atoms with E-state index in [1.165, 1.54) is 13.1 Å². The molecule has 1 aromatic heterocycles. The van der Waals surface area contributed by atoms with Gasteiger partial charge in [0.05, 0.1) is 12.8 Å². The van der Waals surface area contributed by atoms with E-state index in [0.717, 1.165) is 45.0 Å². The number of hydrogen-bond donors (Lipinski definition) is 1. The van der Waals surface area contributed by atoms with E-state index < -0.39 is 0 Å². The van der Waals surface area contributed by atoms with E-state index in [1.807, 2.05) is 12.1 Å². The molecule has 1 aliphatic rings. The number of piperazine rings is 1. The van der Waals surface area contributed by atoms with E-state index in [1.54, 1.807) is 6.26 Å². The molecule has 0 amide bonds. The van der Waals surface area contributed by atoms with Gasteiger partial charge in [0.2, 0.25) is 0 Å². The fraction of sp³-hybridized carbons (Fsp3) is 0.692. The second-order valence-corrected chi connectivity index (χ2v) is 4.54. The zero-order valence-electron chi connectivity index (χ0n) is 10.7. The zero-order valence-corrected chi connectivity index (χ0v) is 10.7. The van der Waals surface area contributed by atoms with Crippen LogP contribution in [0.1, 0.15) is 12.7 Å². The lowest BCUT2D eigenvalue weighted by Gasteiger charge is -2.29. The van der Waals surface area contributed by atoms with Gasteiger partial charge in [-0.2, -0.15) is 0 Å². The van der Waals surface area contributed by atoms with Crippen LogP contribution in [0.15, 0.2) is 22.8 Å². The summed E-state index contributed by atoms with van der Waals surface area (Å²) in [7, 11) is 0. The van der Waals surface area contributed by atoms with Crippen molar-refractivity contribution in [1.29, 1.82) is 0 Å². The van der Waals surface area contributed by atoms with Gasteiger partial charge in [0.25, 0.3) is 0 Å². The quantitative estimate of drug-likeness (QED) is 0.800. The van der Waals surface area contributed by atoms with E-state index in [-0.39, 0.29) is 0 Å². The van der Waals surface area contributed by atoms with Crippen LogP contribution in [0.3, 0.4) is 0 Å². The predicted molar refractivity (Wildman–Crippen MR) is 69.0 cm³/mol. The standard InChI is InChI=1S/C13H23N3O/c1-2-15(12-13-4-3-11-17-13)9-10-16-7-5-14-6-8-16/h3-4,11,14H,2,5-10,12H2,1H3. The van der Waals surface area contributed by atoms with Crippen molar-refractivity contribution in [2.24, 2.45) is 0 Å². The van der Waals surface area contributed by atoms with Crippen molar-refractivity contribution in [3.63, 3.8) is 0 Å². The molecule has 1 saturated heterocycles. The summed E-state index contributed by atoms with van der Waals surface area (Å²) in [6, 6.07) is 4.01. The Bertz CT molecular complexity index is 294. The molecule has 1 aromatic rings. The molecule has 1 N–H and O–H groups in total. The van der Waals surface area contributed by atoms with Crippen molar-refractivity contribution in [1.82, 2.24) is 15.1 Å². The van der Waals surface area contributed by atoms with E-state index >= 15 is 0 Å². The molecule has 0 aliphatic carbocycles. The van der Waals surface area contributed by atoms with Gasteiger partial charge in [0.1, 0.15) is 5.76 Å². The number of nitrogens with zero attached hydrogens (tertiary/aromatic N) is 2. The van der Waals surface area contributed by atoms with Crippen LogP contribution in [-0.2, 0) is 6.54 Å². The van der Waals surface area contributed by atoms with Crippen LogP contribution >= 0.6 is 0 Å².